The van der Waals surface area contributed by atoms with Gasteiger partial charge in [0.25, 0.3) is 0 Å². The van der Waals surface area contributed by atoms with E-state index in [0.29, 0.717) is 12.5 Å². The van der Waals surface area contributed by atoms with Crippen molar-refractivity contribution in [1.82, 2.24) is 19.7 Å². The highest BCUT2D eigenvalue weighted by Gasteiger charge is 2.42. The Morgan fingerprint density at radius 3 is 2.72 bits per heavy atom. The number of halogens is 1. The van der Waals surface area contributed by atoms with Gasteiger partial charge in [-0.05, 0) is 61.8 Å². The zero-order chi connectivity index (χ0) is 21.5. The van der Waals surface area contributed by atoms with Gasteiger partial charge in [0.15, 0.2) is 0 Å². The quantitative estimate of drug-likeness (QED) is 0.619. The molecule has 1 aliphatic heterocycles. The van der Waals surface area contributed by atoms with Gasteiger partial charge in [-0.15, -0.1) is 0 Å². The van der Waals surface area contributed by atoms with Gasteiger partial charge in [-0.3, -0.25) is 19.4 Å². The van der Waals surface area contributed by atoms with Gasteiger partial charge in [0, 0.05) is 25.1 Å². The van der Waals surface area contributed by atoms with Gasteiger partial charge < -0.3 is 10.2 Å². The maximum Gasteiger partial charge on any atom is 0.247 e. The fraction of sp³-hybridized carbons (Fsp3) is 0.391. The number of carbonyl (C=O) groups is 1. The molecule has 5 rings (SSSR count). The summed E-state index contributed by atoms with van der Waals surface area (Å²) in [6.07, 6.45) is 10.5. The first-order valence-corrected chi connectivity index (χ1v) is 10.6. The van der Waals surface area contributed by atoms with Crippen LogP contribution in [-0.4, -0.2) is 38.7 Å². The number of aromatic nitrogens is 4. The first-order valence-electron chi connectivity index (χ1n) is 10.6. The number of fused-ring (bicyclic) bond motifs is 1. The Hall–Kier alpha value is -2.94. The molecule has 0 bridgehead atoms. The summed E-state index contributed by atoms with van der Waals surface area (Å²) in [7, 11) is 2.01. The maximum atomic E-state index is 13.3. The van der Waals surface area contributed by atoms with Crippen molar-refractivity contribution in [1.29, 1.82) is 0 Å². The van der Waals surface area contributed by atoms with Crippen LogP contribution in [0.4, 0.5) is 15.8 Å². The second kappa shape index (κ2) is 8.90. The Balaban J connectivity index is 0.00000245. The van der Waals surface area contributed by atoms with Crippen molar-refractivity contribution in [3.63, 3.8) is 0 Å². The number of hydrogen-bond acceptors (Lipinski definition) is 5. The van der Waals surface area contributed by atoms with Crippen molar-refractivity contribution < 1.29 is 9.18 Å². The van der Waals surface area contributed by atoms with E-state index < -0.39 is 0 Å². The van der Waals surface area contributed by atoms with E-state index in [1.807, 2.05) is 26.4 Å². The maximum absolute atomic E-state index is 13.3. The summed E-state index contributed by atoms with van der Waals surface area (Å²) in [5.41, 5.74) is 5.58. The van der Waals surface area contributed by atoms with E-state index in [4.69, 9.17) is 4.98 Å². The number of nitrogens with zero attached hydrogens (tertiary/aromatic N) is 5. The Labute approximate surface area is 193 Å². The van der Waals surface area contributed by atoms with Crippen LogP contribution in [0, 0.1) is 18.7 Å². The smallest absolute Gasteiger partial charge is 0.247 e. The number of pyridine rings is 2. The number of aryl methyl sites for hydroxylation is 3. The average Bonchev–Trinajstić information content (AvgIpc) is 3.46. The van der Waals surface area contributed by atoms with Crippen molar-refractivity contribution >= 4 is 30.8 Å². The first kappa shape index (κ1) is 22.3. The predicted molar refractivity (Wildman–Crippen MR) is 126 cm³/mol. The molecule has 1 saturated carbocycles. The van der Waals surface area contributed by atoms with Crippen molar-refractivity contribution in [3.05, 3.63) is 65.3 Å². The molecular formula is C23H27FN6OS. The molecule has 32 heavy (non-hydrogen) atoms. The second-order valence-corrected chi connectivity index (χ2v) is 8.53. The van der Waals surface area contributed by atoms with Gasteiger partial charge in [-0.25, -0.2) is 4.39 Å². The van der Waals surface area contributed by atoms with Gasteiger partial charge in [0.05, 0.1) is 36.0 Å². The Morgan fingerprint density at radius 2 is 1.97 bits per heavy atom. The molecule has 7 nitrogen and oxygen atoms in total. The number of hydrogen-bond donors (Lipinski definition) is 1. The lowest BCUT2D eigenvalue weighted by molar-refractivity contribution is -0.118. The van der Waals surface area contributed by atoms with Gasteiger partial charge >= 0.3 is 0 Å². The van der Waals surface area contributed by atoms with E-state index in [1.54, 1.807) is 10.9 Å². The molecule has 0 aromatic carbocycles. The molecule has 4 heterocycles. The molecule has 0 spiro atoms. The van der Waals surface area contributed by atoms with E-state index in [9.17, 15) is 9.18 Å². The summed E-state index contributed by atoms with van der Waals surface area (Å²) in [6.45, 7) is 2.42. The highest BCUT2D eigenvalue weighted by molar-refractivity contribution is 7.59. The topological polar surface area (TPSA) is 75.9 Å². The Bertz CT molecular complexity index is 1150. The van der Waals surface area contributed by atoms with E-state index in [-0.39, 0.29) is 31.3 Å². The zero-order valence-corrected chi connectivity index (χ0v) is 19.2. The Kier molecular flexibility index (Phi) is 6.19. The van der Waals surface area contributed by atoms with Crippen molar-refractivity contribution in [2.45, 2.75) is 45.2 Å². The Morgan fingerprint density at radius 1 is 1.16 bits per heavy atom. The minimum Gasteiger partial charge on any atom is -0.361 e. The van der Waals surface area contributed by atoms with Crippen LogP contribution in [0.1, 0.15) is 35.4 Å². The van der Waals surface area contributed by atoms with Crippen LogP contribution in [0.2, 0.25) is 0 Å². The van der Waals surface area contributed by atoms with Crippen LogP contribution < -0.4 is 10.2 Å². The van der Waals surface area contributed by atoms with Crippen LogP contribution >= 0.6 is 13.5 Å². The monoisotopic (exact) mass is 454 g/mol. The molecule has 1 atom stereocenters. The van der Waals surface area contributed by atoms with Crippen molar-refractivity contribution in [3.8, 4) is 0 Å². The number of amides is 1. The normalized spacial score (nSPS) is 17.5. The van der Waals surface area contributed by atoms with Gasteiger partial charge in [-0.2, -0.15) is 18.6 Å². The molecule has 3 aromatic heterocycles. The summed E-state index contributed by atoms with van der Waals surface area (Å²) in [4.78, 5) is 23.3. The standard InChI is InChI=1S/C23H25FN6O.H2S/c1-14-21-20(29(2)22(17-4-5-17)23(31)28-21)8-19(27-14)6-3-15-10-26-30(12-15)13-16-7-18(24)11-25-9-16;/h7-12,17,22H,3-6,13H2,1-2H3,(H,28,31);1H2/t22-;/m0./s1. The van der Waals surface area contributed by atoms with E-state index in [1.165, 1.54) is 12.3 Å². The third-order valence-corrected chi connectivity index (χ3v) is 6.08. The summed E-state index contributed by atoms with van der Waals surface area (Å²) >= 11 is 0. The summed E-state index contributed by atoms with van der Waals surface area (Å²) in [5, 5.41) is 7.46. The van der Waals surface area contributed by atoms with Crippen LogP contribution in [0.15, 0.2) is 36.9 Å². The minimum atomic E-state index is -0.344. The van der Waals surface area contributed by atoms with Crippen molar-refractivity contribution in [2.75, 3.05) is 17.3 Å². The molecule has 1 N–H and O–H groups in total. The minimum absolute atomic E-state index is 0. The van der Waals surface area contributed by atoms with Crippen LogP contribution in [-0.2, 0) is 24.2 Å². The molecule has 168 valence electrons. The average molecular weight is 455 g/mol. The number of anilines is 2. The summed E-state index contributed by atoms with van der Waals surface area (Å²) in [5.74, 6) is 0.189. The van der Waals surface area contributed by atoms with E-state index in [0.717, 1.165) is 59.6 Å². The van der Waals surface area contributed by atoms with Gasteiger partial charge in [0.1, 0.15) is 11.9 Å². The highest BCUT2D eigenvalue weighted by atomic mass is 32.1. The van der Waals surface area contributed by atoms with Gasteiger partial charge in [0.2, 0.25) is 5.91 Å². The first-order chi connectivity index (χ1) is 15.0. The van der Waals surface area contributed by atoms with Crippen LogP contribution in [0.5, 0.6) is 0 Å². The fourth-order valence-electron chi connectivity index (χ4n) is 4.37. The molecule has 1 aliphatic carbocycles. The molecule has 0 unspecified atom stereocenters. The SMILES string of the molecule is Cc1nc(CCc2cnn(Cc3cncc(F)c3)c2)cc2c1NC(=O)[C@H](C1CC1)N2C.S. The molecule has 3 aromatic rings. The summed E-state index contributed by atoms with van der Waals surface area (Å²) in [6, 6.07) is 3.48. The van der Waals surface area contributed by atoms with Gasteiger partial charge in [-0.1, -0.05) is 0 Å². The molecule has 0 radical (unpaired) electrons. The molecular weight excluding hydrogens is 427 g/mol. The molecule has 1 amide bonds. The predicted octanol–water partition coefficient (Wildman–Crippen LogP) is 3.23. The van der Waals surface area contributed by atoms with E-state index >= 15 is 0 Å². The largest absolute Gasteiger partial charge is 0.361 e. The molecule has 9 heteroatoms. The number of likely N-dealkylation sites (N-methyl/N-ethyl adjacent to an activating group) is 1. The van der Waals surface area contributed by atoms with Crippen LogP contribution in [0.3, 0.4) is 0 Å². The lowest BCUT2D eigenvalue weighted by Crippen LogP contribution is -2.47. The number of nitrogens with one attached hydrogen (secondary N) is 1. The number of carbonyl (C=O) groups excluding carboxylic acids is 1. The number of rotatable bonds is 6. The molecule has 1 fully saturated rings. The third-order valence-electron chi connectivity index (χ3n) is 6.08. The third kappa shape index (κ3) is 4.48. The summed E-state index contributed by atoms with van der Waals surface area (Å²) < 4.78 is 15.1. The second-order valence-electron chi connectivity index (χ2n) is 8.53. The molecule has 2 aliphatic rings. The molecule has 0 saturated heterocycles. The van der Waals surface area contributed by atoms with Crippen molar-refractivity contribution in [2.24, 2.45) is 5.92 Å². The lowest BCUT2D eigenvalue weighted by atomic mass is 10.0. The van der Waals surface area contributed by atoms with Crippen LogP contribution in [0.25, 0.3) is 0 Å². The lowest BCUT2D eigenvalue weighted by Gasteiger charge is -2.36. The fourth-order valence-corrected chi connectivity index (χ4v) is 4.37. The van der Waals surface area contributed by atoms with E-state index in [2.05, 4.69) is 26.4 Å². The zero-order valence-electron chi connectivity index (χ0n) is 18.2. The highest BCUT2D eigenvalue weighted by Crippen LogP contribution is 2.42.